The van der Waals surface area contributed by atoms with Crippen molar-refractivity contribution in [2.75, 3.05) is 5.32 Å². The highest BCUT2D eigenvalue weighted by Gasteiger charge is 2.37. The molecule has 2 atom stereocenters. The van der Waals surface area contributed by atoms with E-state index in [1.807, 2.05) is 13.8 Å². The number of urea groups is 1. The van der Waals surface area contributed by atoms with E-state index >= 15 is 0 Å². The summed E-state index contributed by atoms with van der Waals surface area (Å²) < 4.78 is 38.8. The Bertz CT molecular complexity index is 853. The molecule has 3 rings (SSSR count). The number of carbonyl (C=O) groups is 1. The summed E-state index contributed by atoms with van der Waals surface area (Å²) in [6.07, 6.45) is -1.60. The Morgan fingerprint density at radius 2 is 2.07 bits per heavy atom. The van der Waals surface area contributed by atoms with Gasteiger partial charge in [0.25, 0.3) is 0 Å². The van der Waals surface area contributed by atoms with E-state index in [4.69, 9.17) is 0 Å². The fourth-order valence-corrected chi connectivity index (χ4v) is 3.35. The fraction of sp³-hybridized carbons (Fsp3) is 0.421. The molecule has 0 aliphatic carbocycles. The molecule has 0 bridgehead atoms. The van der Waals surface area contributed by atoms with Crippen LogP contribution in [-0.2, 0) is 6.18 Å². The summed E-state index contributed by atoms with van der Waals surface area (Å²) in [5, 5.41) is 2.83. The number of alkyl halides is 3. The number of hydrogen-bond donors (Lipinski definition) is 1. The lowest BCUT2D eigenvalue weighted by Gasteiger charge is -2.46. The number of amides is 2. The standard InChI is InChI=1S/C19H21F3N4O/c1-4-14-9-12(3)26(14)18(27)24-13-6-5-11(2)15(10-13)17-23-8-7-16(25-17)19(20,21)22/h5-8,10,12,14H,4,9H2,1-3H3,(H,24,27). The lowest BCUT2D eigenvalue weighted by atomic mass is 9.93. The molecule has 1 N–H and O–H groups in total. The van der Waals surface area contributed by atoms with E-state index < -0.39 is 11.9 Å². The summed E-state index contributed by atoms with van der Waals surface area (Å²) in [6, 6.07) is 6.07. The van der Waals surface area contributed by atoms with E-state index in [-0.39, 0.29) is 23.9 Å². The lowest BCUT2D eigenvalue weighted by Crippen LogP contribution is -2.58. The number of hydrogen-bond acceptors (Lipinski definition) is 3. The molecule has 2 unspecified atom stereocenters. The van der Waals surface area contributed by atoms with E-state index in [1.165, 1.54) is 0 Å². The van der Waals surface area contributed by atoms with Crippen LogP contribution < -0.4 is 5.32 Å². The fourth-order valence-electron chi connectivity index (χ4n) is 3.35. The first-order valence-electron chi connectivity index (χ1n) is 8.81. The number of likely N-dealkylation sites (tertiary alicyclic amines) is 1. The van der Waals surface area contributed by atoms with Gasteiger partial charge in [0.2, 0.25) is 0 Å². The van der Waals surface area contributed by atoms with Crippen molar-refractivity contribution in [3.8, 4) is 11.4 Å². The van der Waals surface area contributed by atoms with E-state index in [2.05, 4.69) is 15.3 Å². The maximum atomic E-state index is 12.9. The van der Waals surface area contributed by atoms with Gasteiger partial charge < -0.3 is 10.2 Å². The van der Waals surface area contributed by atoms with Crippen LogP contribution in [0.2, 0.25) is 0 Å². The lowest BCUT2D eigenvalue weighted by molar-refractivity contribution is -0.141. The van der Waals surface area contributed by atoms with Gasteiger partial charge >= 0.3 is 12.2 Å². The molecule has 27 heavy (non-hydrogen) atoms. The average Bonchev–Trinajstić information content (AvgIpc) is 2.60. The van der Waals surface area contributed by atoms with Crippen LogP contribution in [0.25, 0.3) is 11.4 Å². The van der Waals surface area contributed by atoms with Crippen molar-refractivity contribution in [1.29, 1.82) is 0 Å². The minimum Gasteiger partial charge on any atom is -0.319 e. The second-order valence-electron chi connectivity index (χ2n) is 6.78. The highest BCUT2D eigenvalue weighted by Crippen LogP contribution is 2.31. The molecule has 0 spiro atoms. The minimum atomic E-state index is -4.54. The zero-order valence-electron chi connectivity index (χ0n) is 15.3. The first-order valence-corrected chi connectivity index (χ1v) is 8.81. The van der Waals surface area contributed by atoms with Crippen molar-refractivity contribution in [3.05, 3.63) is 41.7 Å². The second kappa shape index (κ2) is 7.17. The molecule has 0 radical (unpaired) electrons. The van der Waals surface area contributed by atoms with Crippen LogP contribution in [-0.4, -0.2) is 33.0 Å². The van der Waals surface area contributed by atoms with E-state index in [0.29, 0.717) is 11.3 Å². The Morgan fingerprint density at radius 3 is 2.70 bits per heavy atom. The summed E-state index contributed by atoms with van der Waals surface area (Å²) in [5.74, 6) is -0.0258. The molecule has 1 aromatic heterocycles. The van der Waals surface area contributed by atoms with Crippen LogP contribution in [0.4, 0.5) is 23.7 Å². The smallest absolute Gasteiger partial charge is 0.319 e. The van der Waals surface area contributed by atoms with Crippen molar-refractivity contribution >= 4 is 11.7 Å². The predicted octanol–water partition coefficient (Wildman–Crippen LogP) is 4.88. The first kappa shape index (κ1) is 19.1. The molecule has 2 amide bonds. The third-order valence-corrected chi connectivity index (χ3v) is 4.86. The van der Waals surface area contributed by atoms with Crippen molar-refractivity contribution in [2.45, 2.75) is 51.9 Å². The topological polar surface area (TPSA) is 58.1 Å². The molecular weight excluding hydrogens is 357 g/mol. The first-order chi connectivity index (χ1) is 12.7. The number of anilines is 1. The van der Waals surface area contributed by atoms with Crippen LogP contribution in [0, 0.1) is 6.92 Å². The monoisotopic (exact) mass is 378 g/mol. The third-order valence-electron chi connectivity index (χ3n) is 4.86. The summed E-state index contributed by atoms with van der Waals surface area (Å²) in [6.45, 7) is 5.78. The molecule has 5 nitrogen and oxygen atoms in total. The molecule has 1 aliphatic rings. The molecule has 2 aromatic rings. The van der Waals surface area contributed by atoms with Gasteiger partial charge in [0.1, 0.15) is 5.69 Å². The molecule has 1 saturated heterocycles. The van der Waals surface area contributed by atoms with Gasteiger partial charge in [-0.25, -0.2) is 14.8 Å². The summed E-state index contributed by atoms with van der Waals surface area (Å²) >= 11 is 0. The molecule has 2 heterocycles. The van der Waals surface area contributed by atoms with Gasteiger partial charge in [-0.15, -0.1) is 0 Å². The summed E-state index contributed by atoms with van der Waals surface area (Å²) in [5.41, 5.74) is 0.663. The maximum absolute atomic E-state index is 12.9. The van der Waals surface area contributed by atoms with Crippen LogP contribution in [0.5, 0.6) is 0 Å². The second-order valence-corrected chi connectivity index (χ2v) is 6.78. The molecule has 1 fully saturated rings. The number of rotatable bonds is 3. The van der Waals surface area contributed by atoms with Gasteiger partial charge in [-0.05, 0) is 50.5 Å². The molecule has 1 aliphatic heterocycles. The maximum Gasteiger partial charge on any atom is 0.433 e. The van der Waals surface area contributed by atoms with Crippen molar-refractivity contribution in [2.24, 2.45) is 0 Å². The van der Waals surface area contributed by atoms with Crippen LogP contribution in [0.3, 0.4) is 0 Å². The van der Waals surface area contributed by atoms with Crippen molar-refractivity contribution in [1.82, 2.24) is 14.9 Å². The number of aromatic nitrogens is 2. The quantitative estimate of drug-likeness (QED) is 0.828. The number of carbonyl (C=O) groups excluding carboxylic acids is 1. The van der Waals surface area contributed by atoms with Gasteiger partial charge in [-0.3, -0.25) is 0 Å². The zero-order chi connectivity index (χ0) is 19.8. The van der Waals surface area contributed by atoms with E-state index in [9.17, 15) is 18.0 Å². The SMILES string of the molecule is CCC1CC(C)N1C(=O)Nc1ccc(C)c(-c2nccc(C(F)(F)F)n2)c1. The number of nitrogens with zero attached hydrogens (tertiary/aromatic N) is 3. The molecular formula is C19H21F3N4O. The highest BCUT2D eigenvalue weighted by atomic mass is 19.4. The van der Waals surface area contributed by atoms with Crippen LogP contribution in [0.15, 0.2) is 30.5 Å². The highest BCUT2D eigenvalue weighted by molar-refractivity contribution is 5.91. The Morgan fingerprint density at radius 1 is 1.33 bits per heavy atom. The number of nitrogens with one attached hydrogen (secondary N) is 1. The van der Waals surface area contributed by atoms with Gasteiger partial charge in [0, 0.05) is 29.5 Å². The van der Waals surface area contributed by atoms with Gasteiger partial charge in [-0.2, -0.15) is 13.2 Å². The Kier molecular flexibility index (Phi) is 5.08. The zero-order valence-corrected chi connectivity index (χ0v) is 15.3. The van der Waals surface area contributed by atoms with E-state index in [0.717, 1.165) is 30.7 Å². The summed E-state index contributed by atoms with van der Waals surface area (Å²) in [4.78, 5) is 21.9. The number of halogens is 3. The van der Waals surface area contributed by atoms with E-state index in [1.54, 1.807) is 30.0 Å². The number of aryl methyl sites for hydroxylation is 1. The molecule has 1 aromatic carbocycles. The third kappa shape index (κ3) is 3.89. The minimum absolute atomic E-state index is 0.0258. The van der Waals surface area contributed by atoms with Gasteiger partial charge in [0.15, 0.2) is 5.82 Å². The Hall–Kier alpha value is -2.64. The van der Waals surface area contributed by atoms with Crippen LogP contribution in [0.1, 0.15) is 37.9 Å². The van der Waals surface area contributed by atoms with Crippen LogP contribution >= 0.6 is 0 Å². The largest absolute Gasteiger partial charge is 0.433 e. The van der Waals surface area contributed by atoms with Gasteiger partial charge in [-0.1, -0.05) is 13.0 Å². The normalized spacial score (nSPS) is 19.6. The number of benzene rings is 1. The van der Waals surface area contributed by atoms with Crippen molar-refractivity contribution in [3.63, 3.8) is 0 Å². The molecule has 144 valence electrons. The molecule has 8 heteroatoms. The van der Waals surface area contributed by atoms with Gasteiger partial charge in [0.05, 0.1) is 0 Å². The average molecular weight is 378 g/mol. The Labute approximate surface area is 155 Å². The Balaban J connectivity index is 1.86. The van der Waals surface area contributed by atoms with Crippen molar-refractivity contribution < 1.29 is 18.0 Å². The summed E-state index contributed by atoms with van der Waals surface area (Å²) in [7, 11) is 0. The predicted molar refractivity (Wildman–Crippen MR) is 96.2 cm³/mol. The molecule has 0 saturated carbocycles.